The molecule has 0 spiro atoms. The maximum atomic E-state index is 13.2. The predicted molar refractivity (Wildman–Crippen MR) is 112 cm³/mol. The smallest absolute Gasteiger partial charge is 0.190 e. The Morgan fingerprint density at radius 2 is 1.58 bits per heavy atom. The number of fused-ring (bicyclic) bond motifs is 1. The number of hydrogen-bond donors (Lipinski definition) is 0. The average molecular weight is 375 g/mol. The van der Waals surface area contributed by atoms with E-state index in [2.05, 4.69) is 54.8 Å². The molecule has 3 heteroatoms. The predicted octanol–water partition coefficient (Wildman–Crippen LogP) is 6.52. The fourth-order valence-electron chi connectivity index (χ4n) is 3.11. The van der Waals surface area contributed by atoms with Crippen molar-refractivity contribution in [3.63, 3.8) is 0 Å². The summed E-state index contributed by atoms with van der Waals surface area (Å²) in [5.41, 5.74) is 3.87. The molecule has 26 heavy (non-hydrogen) atoms. The molecule has 0 saturated carbocycles. The Morgan fingerprint density at radius 1 is 0.885 bits per heavy atom. The Morgan fingerprint density at radius 3 is 2.31 bits per heavy atom. The minimum absolute atomic E-state index is 0.00788. The molecule has 1 aliphatic rings. The first-order valence-corrected chi connectivity index (χ1v) is 10.6. The van der Waals surface area contributed by atoms with Crippen molar-refractivity contribution < 1.29 is 4.79 Å². The van der Waals surface area contributed by atoms with Crippen LogP contribution in [0.3, 0.4) is 0 Å². The maximum Gasteiger partial charge on any atom is 0.190 e. The van der Waals surface area contributed by atoms with E-state index in [0.717, 1.165) is 22.3 Å². The number of carbonyl (C=O) groups excluding carboxylic acids is 1. The van der Waals surface area contributed by atoms with Gasteiger partial charge in [-0.2, -0.15) is 0 Å². The minimum atomic E-state index is 0.00788. The van der Waals surface area contributed by atoms with Crippen LogP contribution in [0.4, 0.5) is 0 Å². The first-order valence-electron chi connectivity index (χ1n) is 8.47. The van der Waals surface area contributed by atoms with E-state index >= 15 is 0 Å². The van der Waals surface area contributed by atoms with Gasteiger partial charge >= 0.3 is 0 Å². The number of thioether (sulfide) groups is 2. The lowest BCUT2D eigenvalue weighted by Crippen LogP contribution is -2.13. The summed E-state index contributed by atoms with van der Waals surface area (Å²) >= 11 is 3.49. The number of hydrogen-bond acceptors (Lipinski definition) is 3. The van der Waals surface area contributed by atoms with Crippen LogP contribution in [-0.2, 0) is 0 Å². The number of rotatable bonds is 4. The van der Waals surface area contributed by atoms with E-state index in [-0.39, 0.29) is 11.0 Å². The van der Waals surface area contributed by atoms with Gasteiger partial charge < -0.3 is 0 Å². The van der Waals surface area contributed by atoms with Crippen molar-refractivity contribution in [2.45, 2.75) is 15.0 Å². The average Bonchev–Trinajstić information content (AvgIpc) is 2.73. The van der Waals surface area contributed by atoms with E-state index in [1.807, 2.05) is 36.4 Å². The third-order valence-electron chi connectivity index (χ3n) is 4.47. The number of Topliss-reactive ketones (excluding diaryl/α,β-unsaturated/α-hetero) is 1. The Kier molecular flexibility index (Phi) is 5.00. The standard InChI is InChI=1S/C23H18OS2/c1-25-19-13-11-17(12-14-19)23-20(22(24)16-7-3-2-4-8-16)15-18-9-5-6-10-21(18)26-23/h2-15,23H,1H3. The molecule has 1 atom stereocenters. The lowest BCUT2D eigenvalue weighted by Gasteiger charge is -2.25. The molecule has 0 radical (unpaired) electrons. The first kappa shape index (κ1) is 17.2. The molecule has 3 aromatic carbocycles. The molecule has 0 saturated heterocycles. The molecule has 0 amide bonds. The lowest BCUT2D eigenvalue weighted by atomic mass is 9.94. The molecule has 1 nitrogen and oxygen atoms in total. The highest BCUT2D eigenvalue weighted by Crippen LogP contribution is 2.47. The van der Waals surface area contributed by atoms with Crippen LogP contribution in [0.5, 0.6) is 0 Å². The van der Waals surface area contributed by atoms with Crippen molar-refractivity contribution in [3.8, 4) is 0 Å². The second-order valence-corrected chi connectivity index (χ2v) is 8.13. The van der Waals surface area contributed by atoms with Gasteiger partial charge in [-0.1, -0.05) is 60.7 Å². The van der Waals surface area contributed by atoms with Gasteiger partial charge in [0, 0.05) is 20.9 Å². The summed E-state index contributed by atoms with van der Waals surface area (Å²) in [4.78, 5) is 15.7. The summed E-state index contributed by atoms with van der Waals surface area (Å²) in [6, 6.07) is 26.4. The molecule has 0 aliphatic carbocycles. The Balaban J connectivity index is 1.79. The third kappa shape index (κ3) is 3.37. The fourth-order valence-corrected chi connectivity index (χ4v) is 4.79. The summed E-state index contributed by atoms with van der Waals surface area (Å²) < 4.78 is 0. The summed E-state index contributed by atoms with van der Waals surface area (Å²) in [6.07, 6.45) is 4.14. The second kappa shape index (κ2) is 7.56. The summed E-state index contributed by atoms with van der Waals surface area (Å²) in [5.74, 6) is 0.103. The van der Waals surface area contributed by atoms with E-state index in [1.165, 1.54) is 9.79 Å². The minimum Gasteiger partial charge on any atom is -0.289 e. The molecule has 3 aromatic rings. The van der Waals surface area contributed by atoms with Gasteiger partial charge in [0.1, 0.15) is 0 Å². The molecule has 0 aromatic heterocycles. The Hall–Kier alpha value is -2.23. The fraction of sp³-hybridized carbons (Fsp3) is 0.0870. The molecule has 0 fully saturated rings. The largest absolute Gasteiger partial charge is 0.289 e. The molecule has 4 rings (SSSR count). The zero-order valence-electron chi connectivity index (χ0n) is 14.4. The van der Waals surface area contributed by atoms with E-state index in [4.69, 9.17) is 0 Å². The molecular formula is C23H18OS2. The van der Waals surface area contributed by atoms with Gasteiger partial charge in [-0.3, -0.25) is 4.79 Å². The van der Waals surface area contributed by atoms with E-state index < -0.39 is 0 Å². The van der Waals surface area contributed by atoms with E-state index in [9.17, 15) is 4.79 Å². The Bertz CT molecular complexity index is 959. The first-order chi connectivity index (χ1) is 12.8. The van der Waals surface area contributed by atoms with Gasteiger partial charge in [-0.15, -0.1) is 23.5 Å². The van der Waals surface area contributed by atoms with Crippen LogP contribution in [0.2, 0.25) is 0 Å². The maximum absolute atomic E-state index is 13.2. The van der Waals surface area contributed by atoms with Gasteiger partial charge in [-0.05, 0) is 41.7 Å². The van der Waals surface area contributed by atoms with Crippen molar-refractivity contribution >= 4 is 35.4 Å². The van der Waals surface area contributed by atoms with Crippen LogP contribution in [-0.4, -0.2) is 12.0 Å². The van der Waals surface area contributed by atoms with Crippen molar-refractivity contribution in [1.29, 1.82) is 0 Å². The van der Waals surface area contributed by atoms with Crippen molar-refractivity contribution in [3.05, 3.63) is 101 Å². The van der Waals surface area contributed by atoms with Crippen molar-refractivity contribution in [1.82, 2.24) is 0 Å². The van der Waals surface area contributed by atoms with Crippen LogP contribution in [0.15, 0.2) is 94.2 Å². The third-order valence-corrected chi connectivity index (χ3v) is 6.61. The molecular weight excluding hydrogens is 356 g/mol. The molecule has 1 unspecified atom stereocenters. The second-order valence-electron chi connectivity index (χ2n) is 6.10. The number of ketones is 1. The van der Waals surface area contributed by atoms with Crippen molar-refractivity contribution in [2.24, 2.45) is 0 Å². The highest BCUT2D eigenvalue weighted by Gasteiger charge is 2.28. The highest BCUT2D eigenvalue weighted by atomic mass is 32.2. The molecule has 128 valence electrons. The van der Waals surface area contributed by atoms with Crippen LogP contribution in [0.25, 0.3) is 6.08 Å². The monoisotopic (exact) mass is 374 g/mol. The van der Waals surface area contributed by atoms with Gasteiger partial charge in [0.2, 0.25) is 0 Å². The quantitative estimate of drug-likeness (QED) is 0.382. The molecule has 1 aliphatic heterocycles. The van der Waals surface area contributed by atoms with Crippen LogP contribution >= 0.6 is 23.5 Å². The highest BCUT2D eigenvalue weighted by molar-refractivity contribution is 8.00. The summed E-state index contributed by atoms with van der Waals surface area (Å²) in [6.45, 7) is 0. The zero-order valence-corrected chi connectivity index (χ0v) is 16.0. The molecule has 1 heterocycles. The van der Waals surface area contributed by atoms with Crippen molar-refractivity contribution in [2.75, 3.05) is 6.26 Å². The SMILES string of the molecule is CSc1ccc(C2Sc3ccccc3C=C2C(=O)c2ccccc2)cc1. The number of carbonyl (C=O) groups is 1. The lowest BCUT2D eigenvalue weighted by molar-refractivity contribution is 0.103. The normalized spacial score (nSPS) is 15.9. The van der Waals surface area contributed by atoms with Gasteiger partial charge in [0.05, 0.1) is 5.25 Å². The van der Waals surface area contributed by atoms with Gasteiger partial charge in [-0.25, -0.2) is 0 Å². The van der Waals surface area contributed by atoms with E-state index in [1.54, 1.807) is 23.5 Å². The topological polar surface area (TPSA) is 17.1 Å². The van der Waals surface area contributed by atoms with Gasteiger partial charge in [0.15, 0.2) is 5.78 Å². The summed E-state index contributed by atoms with van der Waals surface area (Å²) in [5, 5.41) is 0.00788. The molecule has 0 N–H and O–H groups in total. The van der Waals surface area contributed by atoms with Crippen LogP contribution < -0.4 is 0 Å². The Labute approximate surface area is 162 Å². The van der Waals surface area contributed by atoms with Crippen LogP contribution in [0.1, 0.15) is 26.7 Å². The zero-order chi connectivity index (χ0) is 17.9. The van der Waals surface area contributed by atoms with Gasteiger partial charge in [0.25, 0.3) is 0 Å². The number of benzene rings is 3. The summed E-state index contributed by atoms with van der Waals surface area (Å²) in [7, 11) is 0. The van der Waals surface area contributed by atoms with E-state index in [0.29, 0.717) is 0 Å². The van der Waals surface area contributed by atoms with Crippen LogP contribution in [0, 0.1) is 0 Å². The molecule has 0 bridgehead atoms.